The topological polar surface area (TPSA) is 39.2 Å². The van der Waals surface area contributed by atoms with E-state index in [1.54, 1.807) is 18.8 Å². The summed E-state index contributed by atoms with van der Waals surface area (Å²) in [5.41, 5.74) is 2.37. The standard InChI is InChI=1S/C15H11NO2S/c1-18-11-5-6-12-10(7-11)3-2-4-13(12)15(17)14-8-16-9-19-14/h2-9H,1H3. The van der Waals surface area contributed by atoms with E-state index in [9.17, 15) is 4.79 Å². The Morgan fingerprint density at radius 1 is 1.26 bits per heavy atom. The van der Waals surface area contributed by atoms with Crippen LogP contribution in [0.25, 0.3) is 10.8 Å². The zero-order valence-electron chi connectivity index (χ0n) is 10.3. The van der Waals surface area contributed by atoms with Gasteiger partial charge in [0.05, 0.1) is 17.5 Å². The molecule has 3 aromatic rings. The summed E-state index contributed by atoms with van der Waals surface area (Å²) < 4.78 is 5.20. The lowest BCUT2D eigenvalue weighted by atomic mass is 10.0. The number of thiazole rings is 1. The van der Waals surface area contributed by atoms with Gasteiger partial charge in [0, 0.05) is 11.8 Å². The number of rotatable bonds is 3. The van der Waals surface area contributed by atoms with Crippen LogP contribution in [0.4, 0.5) is 0 Å². The van der Waals surface area contributed by atoms with E-state index >= 15 is 0 Å². The molecule has 4 heteroatoms. The molecule has 0 saturated heterocycles. The van der Waals surface area contributed by atoms with Gasteiger partial charge in [-0.15, -0.1) is 11.3 Å². The summed E-state index contributed by atoms with van der Waals surface area (Å²) >= 11 is 1.36. The molecule has 0 unspecified atom stereocenters. The van der Waals surface area contributed by atoms with Gasteiger partial charge in [0.15, 0.2) is 0 Å². The van der Waals surface area contributed by atoms with Crippen molar-refractivity contribution in [2.24, 2.45) is 0 Å². The number of hydrogen-bond acceptors (Lipinski definition) is 4. The molecule has 0 atom stereocenters. The molecule has 3 rings (SSSR count). The molecule has 0 aliphatic carbocycles. The van der Waals surface area contributed by atoms with Crippen molar-refractivity contribution in [2.45, 2.75) is 0 Å². The van der Waals surface area contributed by atoms with Gasteiger partial charge in [-0.1, -0.05) is 18.2 Å². The minimum atomic E-state index is 0.0123. The number of carbonyl (C=O) groups excluding carboxylic acids is 1. The Bertz CT molecular complexity index is 735. The third kappa shape index (κ3) is 2.11. The number of ether oxygens (including phenoxy) is 1. The molecule has 1 aromatic heterocycles. The third-order valence-electron chi connectivity index (χ3n) is 2.99. The van der Waals surface area contributed by atoms with Crippen LogP contribution in [0.2, 0.25) is 0 Å². The first-order valence-electron chi connectivity index (χ1n) is 5.79. The number of hydrogen-bond donors (Lipinski definition) is 0. The van der Waals surface area contributed by atoms with Crippen LogP contribution < -0.4 is 4.74 Å². The average molecular weight is 269 g/mol. The van der Waals surface area contributed by atoms with Crippen LogP contribution in [-0.4, -0.2) is 17.9 Å². The molecule has 19 heavy (non-hydrogen) atoms. The van der Waals surface area contributed by atoms with Gasteiger partial charge < -0.3 is 4.74 Å². The molecule has 3 nitrogen and oxygen atoms in total. The summed E-state index contributed by atoms with van der Waals surface area (Å²) in [5.74, 6) is 0.799. The molecule has 0 amide bonds. The van der Waals surface area contributed by atoms with E-state index in [-0.39, 0.29) is 5.78 Å². The van der Waals surface area contributed by atoms with E-state index < -0.39 is 0 Å². The average Bonchev–Trinajstić information content (AvgIpc) is 2.99. The smallest absolute Gasteiger partial charge is 0.205 e. The van der Waals surface area contributed by atoms with Crippen LogP contribution in [-0.2, 0) is 0 Å². The summed E-state index contributed by atoms with van der Waals surface area (Å²) in [6.45, 7) is 0. The van der Waals surface area contributed by atoms with Gasteiger partial charge in [-0.25, -0.2) is 0 Å². The first-order chi connectivity index (χ1) is 9.29. The van der Waals surface area contributed by atoms with Crippen molar-refractivity contribution < 1.29 is 9.53 Å². The van der Waals surface area contributed by atoms with Gasteiger partial charge in [-0.05, 0) is 29.0 Å². The highest BCUT2D eigenvalue weighted by molar-refractivity contribution is 7.12. The van der Waals surface area contributed by atoms with Gasteiger partial charge in [-0.3, -0.25) is 9.78 Å². The Hall–Kier alpha value is -2.20. The third-order valence-corrected chi connectivity index (χ3v) is 3.76. The highest BCUT2D eigenvalue weighted by Gasteiger charge is 2.13. The molecule has 0 saturated carbocycles. The predicted molar refractivity (Wildman–Crippen MR) is 76.0 cm³/mol. The fourth-order valence-corrected chi connectivity index (χ4v) is 2.62. The van der Waals surface area contributed by atoms with E-state index in [0.717, 1.165) is 16.5 Å². The van der Waals surface area contributed by atoms with E-state index in [2.05, 4.69) is 4.98 Å². The Morgan fingerprint density at radius 3 is 2.89 bits per heavy atom. The molecule has 0 fully saturated rings. The lowest BCUT2D eigenvalue weighted by Crippen LogP contribution is -1.99. The van der Waals surface area contributed by atoms with Gasteiger partial charge in [0.25, 0.3) is 0 Å². The van der Waals surface area contributed by atoms with Crippen LogP contribution in [0.3, 0.4) is 0 Å². The highest BCUT2D eigenvalue weighted by Crippen LogP contribution is 2.26. The summed E-state index contributed by atoms with van der Waals surface area (Å²) in [7, 11) is 1.63. The maximum Gasteiger partial charge on any atom is 0.205 e. The van der Waals surface area contributed by atoms with Gasteiger partial charge in [0.1, 0.15) is 5.75 Å². The number of nitrogens with zero attached hydrogens (tertiary/aromatic N) is 1. The molecular weight excluding hydrogens is 258 g/mol. The summed E-state index contributed by atoms with van der Waals surface area (Å²) in [5, 5.41) is 1.93. The van der Waals surface area contributed by atoms with Crippen LogP contribution >= 0.6 is 11.3 Å². The second kappa shape index (κ2) is 4.82. The Balaban J connectivity index is 2.16. The first-order valence-corrected chi connectivity index (χ1v) is 6.67. The normalized spacial score (nSPS) is 10.6. The molecular formula is C15H11NO2S. The number of carbonyl (C=O) groups is 1. The molecule has 0 spiro atoms. The van der Waals surface area contributed by atoms with Crippen LogP contribution in [0.15, 0.2) is 48.1 Å². The monoisotopic (exact) mass is 269 g/mol. The summed E-state index contributed by atoms with van der Waals surface area (Å²) in [6.07, 6.45) is 1.61. The number of aromatic nitrogens is 1. The SMILES string of the molecule is COc1ccc2c(C(=O)c3cncs3)cccc2c1. The van der Waals surface area contributed by atoms with Crippen molar-refractivity contribution in [3.8, 4) is 5.75 Å². The summed E-state index contributed by atoms with van der Waals surface area (Å²) in [4.78, 5) is 17.0. The van der Waals surface area contributed by atoms with E-state index in [1.165, 1.54) is 11.3 Å². The van der Waals surface area contributed by atoms with Crippen molar-refractivity contribution in [2.75, 3.05) is 7.11 Å². The Labute approximate surface area is 114 Å². The molecule has 1 heterocycles. The van der Waals surface area contributed by atoms with Crippen LogP contribution in [0, 0.1) is 0 Å². The van der Waals surface area contributed by atoms with E-state index in [1.807, 2.05) is 36.4 Å². The van der Waals surface area contributed by atoms with E-state index in [4.69, 9.17) is 4.74 Å². The molecule has 0 aliphatic rings. The van der Waals surface area contributed by atoms with Crippen molar-refractivity contribution in [3.05, 3.63) is 58.5 Å². The molecule has 94 valence electrons. The number of benzene rings is 2. The quantitative estimate of drug-likeness (QED) is 0.683. The molecule has 2 aromatic carbocycles. The zero-order valence-corrected chi connectivity index (χ0v) is 11.1. The predicted octanol–water partition coefficient (Wildman–Crippen LogP) is 3.54. The van der Waals surface area contributed by atoms with E-state index in [0.29, 0.717) is 10.4 Å². The lowest BCUT2D eigenvalue weighted by Gasteiger charge is -2.06. The molecule has 0 bridgehead atoms. The molecule has 0 N–H and O–H groups in total. The second-order valence-electron chi connectivity index (χ2n) is 4.09. The maximum atomic E-state index is 12.4. The number of fused-ring (bicyclic) bond motifs is 1. The van der Waals surface area contributed by atoms with Gasteiger partial charge in [-0.2, -0.15) is 0 Å². The first kappa shape index (κ1) is 11.9. The Morgan fingerprint density at radius 2 is 2.16 bits per heavy atom. The fraction of sp³-hybridized carbons (Fsp3) is 0.0667. The minimum Gasteiger partial charge on any atom is -0.497 e. The van der Waals surface area contributed by atoms with Gasteiger partial charge >= 0.3 is 0 Å². The van der Waals surface area contributed by atoms with Crippen molar-refractivity contribution >= 4 is 27.9 Å². The zero-order chi connectivity index (χ0) is 13.2. The van der Waals surface area contributed by atoms with Gasteiger partial charge in [0.2, 0.25) is 5.78 Å². The van der Waals surface area contributed by atoms with Crippen molar-refractivity contribution in [1.29, 1.82) is 0 Å². The van der Waals surface area contributed by atoms with Crippen molar-refractivity contribution in [3.63, 3.8) is 0 Å². The number of ketones is 1. The lowest BCUT2D eigenvalue weighted by molar-refractivity contribution is 0.104. The molecule has 0 aliphatic heterocycles. The van der Waals surface area contributed by atoms with Crippen LogP contribution in [0.1, 0.15) is 15.2 Å². The fourth-order valence-electron chi connectivity index (χ4n) is 2.05. The maximum absolute atomic E-state index is 12.4. The van der Waals surface area contributed by atoms with Crippen LogP contribution in [0.5, 0.6) is 5.75 Å². The highest BCUT2D eigenvalue weighted by atomic mass is 32.1. The molecule has 0 radical (unpaired) electrons. The number of methoxy groups -OCH3 is 1. The summed E-state index contributed by atoms with van der Waals surface area (Å²) in [6, 6.07) is 11.4. The minimum absolute atomic E-state index is 0.0123. The Kier molecular flexibility index (Phi) is 3.01. The van der Waals surface area contributed by atoms with Crippen molar-refractivity contribution in [1.82, 2.24) is 4.98 Å². The largest absolute Gasteiger partial charge is 0.497 e. The second-order valence-corrected chi connectivity index (χ2v) is 4.97.